The molecule has 1 aromatic carbocycles. The number of nitrogen functional groups attached to an aromatic ring is 1. The van der Waals surface area contributed by atoms with E-state index in [1.807, 2.05) is 13.8 Å². The van der Waals surface area contributed by atoms with E-state index < -0.39 is 6.61 Å². The van der Waals surface area contributed by atoms with Crippen molar-refractivity contribution in [3.8, 4) is 22.9 Å². The zero-order valence-corrected chi connectivity index (χ0v) is 18.3. The van der Waals surface area contributed by atoms with Crippen molar-refractivity contribution in [3.05, 3.63) is 34.5 Å². The van der Waals surface area contributed by atoms with E-state index in [1.165, 1.54) is 31.0 Å². The van der Waals surface area contributed by atoms with Crippen LogP contribution in [0.5, 0.6) is 11.5 Å². The number of thiophene rings is 1. The Morgan fingerprint density at radius 1 is 1.19 bits per heavy atom. The van der Waals surface area contributed by atoms with E-state index in [0.717, 1.165) is 20.7 Å². The number of thioether (sulfide) groups is 1. The Kier molecular flexibility index (Phi) is 5.92. The summed E-state index contributed by atoms with van der Waals surface area (Å²) in [5.74, 6) is 1.48. The van der Waals surface area contributed by atoms with E-state index in [1.54, 1.807) is 17.4 Å². The lowest BCUT2D eigenvalue weighted by atomic mass is 10.2. The molecule has 0 spiro atoms. The highest BCUT2D eigenvalue weighted by Gasteiger charge is 2.17. The number of benzene rings is 1. The Morgan fingerprint density at radius 3 is 2.74 bits per heavy atom. The number of fused-ring (bicyclic) bond motifs is 1. The van der Waals surface area contributed by atoms with Gasteiger partial charge in [-0.1, -0.05) is 16.9 Å². The third kappa shape index (κ3) is 4.39. The first-order chi connectivity index (χ1) is 14.9. The molecule has 3 aromatic heterocycles. The second-order valence-corrected chi connectivity index (χ2v) is 8.55. The molecule has 3 heterocycles. The van der Waals surface area contributed by atoms with Gasteiger partial charge in [0.05, 0.1) is 18.2 Å². The second-order valence-electron chi connectivity index (χ2n) is 6.40. The summed E-state index contributed by atoms with van der Waals surface area (Å²) in [6, 6.07) is 4.40. The Morgan fingerprint density at radius 2 is 2.00 bits per heavy atom. The van der Waals surface area contributed by atoms with Gasteiger partial charge in [-0.15, -0.1) is 11.3 Å². The maximum atomic E-state index is 12.5. The molecule has 4 rings (SSSR count). The van der Waals surface area contributed by atoms with Gasteiger partial charge in [-0.3, -0.25) is 0 Å². The molecule has 31 heavy (non-hydrogen) atoms. The van der Waals surface area contributed by atoms with Gasteiger partial charge in [0.1, 0.15) is 10.6 Å². The van der Waals surface area contributed by atoms with Crippen LogP contribution in [0.15, 0.2) is 27.9 Å². The van der Waals surface area contributed by atoms with Crippen molar-refractivity contribution in [2.75, 3.05) is 12.8 Å². The quantitative estimate of drug-likeness (QED) is 0.303. The van der Waals surface area contributed by atoms with Gasteiger partial charge < -0.3 is 19.7 Å². The number of hydrogen-bond acceptors (Lipinski definition) is 10. The summed E-state index contributed by atoms with van der Waals surface area (Å²) in [6.45, 7) is 1.07. The van der Waals surface area contributed by atoms with Crippen LogP contribution in [0.1, 0.15) is 16.3 Å². The third-order valence-corrected chi connectivity index (χ3v) is 6.40. The van der Waals surface area contributed by atoms with E-state index >= 15 is 0 Å². The van der Waals surface area contributed by atoms with Gasteiger partial charge in [0.2, 0.25) is 11.7 Å². The van der Waals surface area contributed by atoms with Crippen molar-refractivity contribution in [3.63, 3.8) is 0 Å². The summed E-state index contributed by atoms with van der Waals surface area (Å²) in [7, 11) is 1.36. The molecule has 2 N–H and O–H groups in total. The van der Waals surface area contributed by atoms with Crippen LogP contribution in [0.3, 0.4) is 0 Å². The number of anilines is 1. The van der Waals surface area contributed by atoms with Crippen LogP contribution in [0, 0.1) is 13.8 Å². The molecule has 162 valence electrons. The highest BCUT2D eigenvalue weighted by atomic mass is 32.2. The predicted molar refractivity (Wildman–Crippen MR) is 114 cm³/mol. The van der Waals surface area contributed by atoms with Crippen LogP contribution in [0.2, 0.25) is 0 Å². The zero-order chi connectivity index (χ0) is 22.1. The van der Waals surface area contributed by atoms with E-state index in [-0.39, 0.29) is 17.3 Å². The first kappa shape index (κ1) is 21.2. The van der Waals surface area contributed by atoms with Gasteiger partial charge >= 0.3 is 6.61 Å². The molecule has 0 amide bonds. The van der Waals surface area contributed by atoms with Gasteiger partial charge in [-0.2, -0.15) is 13.8 Å². The van der Waals surface area contributed by atoms with Crippen molar-refractivity contribution >= 4 is 39.1 Å². The number of aryl methyl sites for hydroxylation is 2. The molecule has 12 heteroatoms. The van der Waals surface area contributed by atoms with Crippen molar-refractivity contribution in [2.45, 2.75) is 31.4 Å². The lowest BCUT2D eigenvalue weighted by molar-refractivity contribution is -0.0512. The van der Waals surface area contributed by atoms with Crippen LogP contribution in [0.25, 0.3) is 21.6 Å². The van der Waals surface area contributed by atoms with E-state index in [0.29, 0.717) is 28.2 Å². The molecule has 4 aromatic rings. The first-order valence-electron chi connectivity index (χ1n) is 8.97. The molecule has 0 atom stereocenters. The Balaban J connectivity index is 1.50. The Labute approximate surface area is 183 Å². The van der Waals surface area contributed by atoms with Crippen LogP contribution >= 0.6 is 23.1 Å². The molecule has 0 unspecified atom stereocenters. The fourth-order valence-corrected chi connectivity index (χ4v) is 4.67. The summed E-state index contributed by atoms with van der Waals surface area (Å²) < 4.78 is 39.8. The van der Waals surface area contributed by atoms with E-state index in [2.05, 4.69) is 24.8 Å². The van der Waals surface area contributed by atoms with Gasteiger partial charge in [-0.05, 0) is 37.6 Å². The molecule has 0 aliphatic carbocycles. The topological polar surface area (TPSA) is 109 Å². The van der Waals surface area contributed by atoms with Crippen molar-refractivity contribution in [1.29, 1.82) is 0 Å². The molecule has 0 fully saturated rings. The molecule has 0 aliphatic rings. The van der Waals surface area contributed by atoms with Gasteiger partial charge in [-0.25, -0.2) is 9.97 Å². The van der Waals surface area contributed by atoms with Crippen molar-refractivity contribution in [2.24, 2.45) is 0 Å². The number of hydrogen-bond donors (Lipinski definition) is 1. The number of ether oxygens (including phenoxy) is 2. The molecular weight excluding hydrogens is 448 g/mol. The van der Waals surface area contributed by atoms with Crippen molar-refractivity contribution in [1.82, 2.24) is 20.1 Å². The average Bonchev–Trinajstić information content (AvgIpc) is 3.31. The molecule has 0 aliphatic heterocycles. The monoisotopic (exact) mass is 465 g/mol. The van der Waals surface area contributed by atoms with Gasteiger partial charge in [0.25, 0.3) is 0 Å². The fraction of sp³-hybridized carbons (Fsp3) is 0.263. The van der Waals surface area contributed by atoms with Crippen LogP contribution in [0.4, 0.5) is 14.6 Å². The Hall–Kier alpha value is -2.99. The number of alkyl halides is 2. The summed E-state index contributed by atoms with van der Waals surface area (Å²) in [4.78, 5) is 15.3. The lowest BCUT2D eigenvalue weighted by Crippen LogP contribution is -2.03. The van der Waals surface area contributed by atoms with E-state index in [9.17, 15) is 8.78 Å². The van der Waals surface area contributed by atoms with Crippen LogP contribution < -0.4 is 15.2 Å². The number of nitrogens with two attached hydrogens (primary N) is 1. The van der Waals surface area contributed by atoms with Gasteiger partial charge in [0.15, 0.2) is 16.7 Å². The maximum absolute atomic E-state index is 12.5. The molecule has 0 bridgehead atoms. The third-order valence-electron chi connectivity index (χ3n) is 4.47. The molecule has 0 saturated heterocycles. The number of methoxy groups -OCH3 is 1. The average molecular weight is 466 g/mol. The predicted octanol–water partition coefficient (Wildman–Crippen LogP) is 4.84. The second kappa shape index (κ2) is 8.63. The summed E-state index contributed by atoms with van der Waals surface area (Å²) in [5.41, 5.74) is 7.74. The lowest BCUT2D eigenvalue weighted by Gasteiger charge is -2.10. The van der Waals surface area contributed by atoms with Gasteiger partial charge in [0, 0.05) is 10.4 Å². The minimum Gasteiger partial charge on any atom is -0.493 e. The minimum absolute atomic E-state index is 0.0790. The number of halogens is 2. The van der Waals surface area contributed by atoms with E-state index in [4.69, 9.17) is 15.0 Å². The smallest absolute Gasteiger partial charge is 0.387 e. The first-order valence-corrected chi connectivity index (χ1v) is 10.8. The summed E-state index contributed by atoms with van der Waals surface area (Å²) in [5, 5.41) is 5.34. The summed E-state index contributed by atoms with van der Waals surface area (Å²) in [6.07, 6.45) is 0. The zero-order valence-electron chi connectivity index (χ0n) is 16.7. The number of rotatable bonds is 7. The largest absolute Gasteiger partial charge is 0.493 e. The maximum Gasteiger partial charge on any atom is 0.387 e. The van der Waals surface area contributed by atoms with Crippen LogP contribution in [-0.2, 0) is 5.75 Å². The minimum atomic E-state index is -2.95. The molecular formula is C19H17F2N5O3S2. The number of aromatic nitrogens is 4. The number of nitrogens with zero attached hydrogens (tertiary/aromatic N) is 4. The molecule has 8 nitrogen and oxygen atoms in total. The fourth-order valence-electron chi connectivity index (χ4n) is 2.88. The highest BCUT2D eigenvalue weighted by Crippen LogP contribution is 2.35. The molecule has 0 radical (unpaired) electrons. The van der Waals surface area contributed by atoms with Crippen LogP contribution in [-0.4, -0.2) is 33.8 Å². The molecule has 0 saturated carbocycles. The van der Waals surface area contributed by atoms with Crippen molar-refractivity contribution < 1.29 is 22.8 Å². The summed E-state index contributed by atoms with van der Waals surface area (Å²) >= 11 is 2.90. The Bertz CT molecular complexity index is 1240. The highest BCUT2D eigenvalue weighted by molar-refractivity contribution is 7.98. The standard InChI is InChI=1S/C19H17F2N5O3S2/c1-8-9(2)31-17-14(8)15(22)24-19(25-17)30-7-13-23-16(26-29-13)10-4-5-11(28-18(20)21)12(6-10)27-3/h4-6,18H,7H2,1-3H3,(H2,22,24,25). The normalized spacial score (nSPS) is 11.4. The SMILES string of the molecule is COc1cc(-c2noc(CSc3nc(N)c4c(C)c(C)sc4n3)n2)ccc1OC(F)F.